The molecule has 2 N–H and O–H groups in total. The van der Waals surface area contributed by atoms with Gasteiger partial charge in [-0.1, -0.05) is 48.5 Å². The van der Waals surface area contributed by atoms with Crippen LogP contribution in [0, 0.1) is 0 Å². The zero-order valence-corrected chi connectivity index (χ0v) is 15.8. The number of ether oxygens (including phenoxy) is 1. The molecule has 3 rings (SSSR count). The van der Waals surface area contributed by atoms with E-state index >= 15 is 0 Å². The van der Waals surface area contributed by atoms with Gasteiger partial charge in [0.1, 0.15) is 6.04 Å². The molecular weight excluding hydrogens is 356 g/mol. The van der Waals surface area contributed by atoms with Gasteiger partial charge in [0, 0.05) is 6.54 Å². The van der Waals surface area contributed by atoms with E-state index in [0.29, 0.717) is 12.1 Å². The van der Waals surface area contributed by atoms with Crippen LogP contribution in [0.1, 0.15) is 24.2 Å². The highest BCUT2D eigenvalue weighted by Gasteiger charge is 2.19. The summed E-state index contributed by atoms with van der Waals surface area (Å²) in [5.41, 5.74) is 0.429. The molecule has 3 aromatic rings. The lowest BCUT2D eigenvalue weighted by molar-refractivity contribution is -0.130. The van der Waals surface area contributed by atoms with Gasteiger partial charge in [-0.2, -0.15) is 0 Å². The summed E-state index contributed by atoms with van der Waals surface area (Å²) in [6.07, 6.45) is 0. The number of fused-ring (bicyclic) bond motifs is 2. The second-order valence-electron chi connectivity index (χ2n) is 6.45. The Hall–Kier alpha value is -3.41. The largest absolute Gasteiger partial charge is 0.452 e. The van der Waals surface area contributed by atoms with Gasteiger partial charge < -0.3 is 15.4 Å². The van der Waals surface area contributed by atoms with Gasteiger partial charge in [-0.25, -0.2) is 4.79 Å². The Bertz CT molecular complexity index is 991. The lowest BCUT2D eigenvalue weighted by Crippen LogP contribution is -2.46. The minimum absolute atomic E-state index is 0.290. The van der Waals surface area contributed by atoms with Crippen LogP contribution >= 0.6 is 0 Å². The fraction of sp³-hybridized carbons (Fsp3) is 0.227. The molecule has 0 saturated carbocycles. The molecule has 0 saturated heterocycles. The SMILES string of the molecule is CCNC(=O)[C@@H](C)NC(=O)COC(=O)c1c2ccccc2cc2ccccc12. The third kappa shape index (κ3) is 4.11. The molecule has 0 unspecified atom stereocenters. The summed E-state index contributed by atoms with van der Waals surface area (Å²) < 4.78 is 5.26. The van der Waals surface area contributed by atoms with Crippen LogP contribution < -0.4 is 10.6 Å². The van der Waals surface area contributed by atoms with Crippen LogP contribution in [-0.2, 0) is 14.3 Å². The maximum atomic E-state index is 12.8. The summed E-state index contributed by atoms with van der Waals surface area (Å²) in [6, 6.07) is 16.4. The highest BCUT2D eigenvalue weighted by atomic mass is 16.5. The lowest BCUT2D eigenvalue weighted by atomic mass is 9.97. The van der Waals surface area contributed by atoms with Crippen molar-refractivity contribution in [3.63, 3.8) is 0 Å². The van der Waals surface area contributed by atoms with Gasteiger partial charge in [0.25, 0.3) is 5.91 Å². The van der Waals surface area contributed by atoms with E-state index in [9.17, 15) is 14.4 Å². The van der Waals surface area contributed by atoms with Crippen molar-refractivity contribution in [1.82, 2.24) is 10.6 Å². The molecule has 3 aromatic carbocycles. The van der Waals surface area contributed by atoms with Crippen LogP contribution in [0.2, 0.25) is 0 Å². The number of hydrogen-bond acceptors (Lipinski definition) is 4. The maximum absolute atomic E-state index is 12.8. The predicted octanol–water partition coefficient (Wildman–Crippen LogP) is 2.79. The minimum atomic E-state index is -0.704. The van der Waals surface area contributed by atoms with Crippen molar-refractivity contribution >= 4 is 39.3 Å². The van der Waals surface area contributed by atoms with E-state index in [1.54, 1.807) is 13.8 Å². The topological polar surface area (TPSA) is 84.5 Å². The number of likely N-dealkylation sites (N-methyl/N-ethyl adjacent to an activating group) is 1. The molecule has 0 fully saturated rings. The third-order valence-electron chi connectivity index (χ3n) is 4.43. The van der Waals surface area contributed by atoms with Crippen molar-refractivity contribution in [2.45, 2.75) is 19.9 Å². The van der Waals surface area contributed by atoms with E-state index in [-0.39, 0.29) is 5.91 Å². The van der Waals surface area contributed by atoms with Crippen LogP contribution in [0.5, 0.6) is 0 Å². The molecule has 0 bridgehead atoms. The van der Waals surface area contributed by atoms with E-state index < -0.39 is 24.5 Å². The predicted molar refractivity (Wildman–Crippen MR) is 108 cm³/mol. The lowest BCUT2D eigenvalue weighted by Gasteiger charge is -2.14. The Labute approximate surface area is 162 Å². The first-order valence-corrected chi connectivity index (χ1v) is 9.16. The van der Waals surface area contributed by atoms with Crippen LogP contribution in [-0.4, -0.2) is 37.0 Å². The van der Waals surface area contributed by atoms with Crippen molar-refractivity contribution in [3.8, 4) is 0 Å². The molecule has 144 valence electrons. The number of nitrogens with one attached hydrogen (secondary N) is 2. The van der Waals surface area contributed by atoms with Gasteiger partial charge >= 0.3 is 5.97 Å². The molecule has 2 amide bonds. The van der Waals surface area contributed by atoms with Crippen molar-refractivity contribution in [3.05, 3.63) is 60.2 Å². The zero-order valence-electron chi connectivity index (χ0n) is 15.8. The molecule has 0 aliphatic heterocycles. The fourth-order valence-electron chi connectivity index (χ4n) is 3.11. The van der Waals surface area contributed by atoms with E-state index in [2.05, 4.69) is 10.6 Å². The summed E-state index contributed by atoms with van der Waals surface area (Å²) >= 11 is 0. The molecule has 0 aliphatic rings. The van der Waals surface area contributed by atoms with Crippen LogP contribution in [0.15, 0.2) is 54.6 Å². The highest BCUT2D eigenvalue weighted by Crippen LogP contribution is 2.29. The summed E-state index contributed by atoms with van der Waals surface area (Å²) in [4.78, 5) is 36.6. The first-order chi connectivity index (χ1) is 13.5. The number of amides is 2. The number of benzene rings is 3. The zero-order chi connectivity index (χ0) is 20.1. The molecule has 6 nitrogen and oxygen atoms in total. The molecule has 0 radical (unpaired) electrons. The maximum Gasteiger partial charge on any atom is 0.339 e. The first-order valence-electron chi connectivity index (χ1n) is 9.16. The number of carbonyl (C=O) groups is 3. The van der Waals surface area contributed by atoms with E-state index in [1.165, 1.54) is 0 Å². The normalized spacial score (nSPS) is 11.8. The molecule has 28 heavy (non-hydrogen) atoms. The Morgan fingerprint density at radius 1 is 0.964 bits per heavy atom. The van der Waals surface area contributed by atoms with Crippen molar-refractivity contribution in [1.29, 1.82) is 0 Å². The average Bonchev–Trinajstić information content (AvgIpc) is 2.70. The minimum Gasteiger partial charge on any atom is -0.452 e. The summed E-state index contributed by atoms with van der Waals surface area (Å²) in [7, 11) is 0. The van der Waals surface area contributed by atoms with E-state index in [1.807, 2.05) is 54.6 Å². The van der Waals surface area contributed by atoms with Gasteiger partial charge in [0.15, 0.2) is 6.61 Å². The second kappa shape index (κ2) is 8.52. The van der Waals surface area contributed by atoms with Gasteiger partial charge in [-0.3, -0.25) is 9.59 Å². The van der Waals surface area contributed by atoms with Crippen molar-refractivity contribution < 1.29 is 19.1 Å². The van der Waals surface area contributed by atoms with Gasteiger partial charge in [0.2, 0.25) is 5.91 Å². The fourth-order valence-corrected chi connectivity index (χ4v) is 3.11. The van der Waals surface area contributed by atoms with Gasteiger partial charge in [0.05, 0.1) is 5.56 Å². The quantitative estimate of drug-likeness (QED) is 0.510. The number of esters is 1. The molecule has 0 aliphatic carbocycles. The summed E-state index contributed by atoms with van der Waals surface area (Å²) in [5, 5.41) is 8.51. The number of hydrogen-bond donors (Lipinski definition) is 2. The van der Waals surface area contributed by atoms with Crippen LogP contribution in [0.25, 0.3) is 21.5 Å². The molecular formula is C22H22N2O4. The Balaban J connectivity index is 1.80. The third-order valence-corrected chi connectivity index (χ3v) is 4.43. The van der Waals surface area contributed by atoms with Crippen molar-refractivity contribution in [2.75, 3.05) is 13.2 Å². The molecule has 0 aromatic heterocycles. The second-order valence-corrected chi connectivity index (χ2v) is 6.45. The first kappa shape index (κ1) is 19.4. The molecule has 1 atom stereocenters. The van der Waals surface area contributed by atoms with E-state index in [4.69, 9.17) is 4.74 Å². The monoisotopic (exact) mass is 378 g/mol. The molecule has 0 spiro atoms. The molecule has 6 heteroatoms. The smallest absolute Gasteiger partial charge is 0.339 e. The summed E-state index contributed by atoms with van der Waals surface area (Å²) in [6.45, 7) is 3.38. The number of carbonyl (C=O) groups excluding carboxylic acids is 3. The van der Waals surface area contributed by atoms with Gasteiger partial charge in [-0.15, -0.1) is 0 Å². The Morgan fingerprint density at radius 2 is 1.54 bits per heavy atom. The number of rotatable bonds is 6. The Morgan fingerprint density at radius 3 is 2.11 bits per heavy atom. The van der Waals surface area contributed by atoms with E-state index in [0.717, 1.165) is 21.5 Å². The Kier molecular flexibility index (Phi) is 5.89. The van der Waals surface area contributed by atoms with Crippen LogP contribution in [0.3, 0.4) is 0 Å². The standard InChI is InChI=1S/C22H22N2O4/c1-3-23-21(26)14(2)24-19(25)13-28-22(27)20-17-10-6-4-8-15(17)12-16-9-5-7-11-18(16)20/h4-12,14H,3,13H2,1-2H3,(H,23,26)(H,24,25)/t14-/m1/s1. The van der Waals surface area contributed by atoms with Crippen molar-refractivity contribution in [2.24, 2.45) is 0 Å². The summed E-state index contributed by atoms with van der Waals surface area (Å²) in [5.74, 6) is -1.40. The van der Waals surface area contributed by atoms with Crippen LogP contribution in [0.4, 0.5) is 0 Å². The van der Waals surface area contributed by atoms with Gasteiger partial charge in [-0.05, 0) is 41.5 Å². The highest BCUT2D eigenvalue weighted by molar-refractivity contribution is 6.16. The molecule has 0 heterocycles. The average molecular weight is 378 g/mol.